The molecule has 0 aromatic heterocycles. The van der Waals surface area contributed by atoms with Gasteiger partial charge in [-0.15, -0.1) is 12.1 Å². The van der Waals surface area contributed by atoms with Crippen molar-refractivity contribution in [2.75, 3.05) is 0 Å². The molecule has 2 unspecified atom stereocenters. The van der Waals surface area contributed by atoms with Crippen LogP contribution in [0.3, 0.4) is 0 Å². The molecule has 0 amide bonds. The van der Waals surface area contributed by atoms with Gasteiger partial charge in [-0.05, 0) is 5.92 Å². The van der Waals surface area contributed by atoms with Gasteiger partial charge >= 0.3 is 0 Å². The Kier molecular flexibility index (Phi) is 13.0. The Balaban J connectivity index is 0.00000180. The summed E-state index contributed by atoms with van der Waals surface area (Å²) in [6.45, 7) is 4.21. The standard InChI is InChI=1S/C16H24N2.2Y/c1-3-17-15-8-10-16(11-9-15)18-12-14-6-4-13(2)5-7-14;;/h8,11,13-16H,4-7,9-10H2,1-2H3;;/q-4;;. The Labute approximate surface area is 175 Å². The third-order valence-electron chi connectivity index (χ3n) is 4.03. The first-order chi connectivity index (χ1) is 8.78. The van der Waals surface area contributed by atoms with Gasteiger partial charge < -0.3 is 35.3 Å². The van der Waals surface area contributed by atoms with Crippen LogP contribution in [0.5, 0.6) is 0 Å². The first kappa shape index (κ1) is 21.5. The number of aliphatic imine (C=N–C) groups is 2. The number of nitrogens with zero attached hydrogens (tertiary/aromatic N) is 2. The summed E-state index contributed by atoms with van der Waals surface area (Å²) in [5.74, 6) is 1.51. The van der Waals surface area contributed by atoms with Crippen molar-refractivity contribution < 1.29 is 65.4 Å². The predicted molar refractivity (Wildman–Crippen MR) is 77.1 cm³/mol. The molecule has 0 aromatic carbocycles. The van der Waals surface area contributed by atoms with Crippen molar-refractivity contribution in [2.45, 2.75) is 64.5 Å². The van der Waals surface area contributed by atoms with E-state index in [1.165, 1.54) is 25.7 Å². The number of rotatable bonds is 3. The quantitative estimate of drug-likeness (QED) is 0.490. The van der Waals surface area contributed by atoms with Crippen molar-refractivity contribution in [2.24, 2.45) is 21.8 Å². The first-order valence-electron chi connectivity index (χ1n) is 7.26. The molecule has 0 bridgehead atoms. The van der Waals surface area contributed by atoms with E-state index in [1.807, 2.05) is 6.92 Å². The summed E-state index contributed by atoms with van der Waals surface area (Å²) in [5.41, 5.74) is 0. The number of hydrogen-bond donors (Lipinski definition) is 0. The van der Waals surface area contributed by atoms with Gasteiger partial charge in [-0.2, -0.15) is 25.7 Å². The molecule has 2 saturated carbocycles. The molecule has 2 aliphatic carbocycles. The largest absolute Gasteiger partial charge is 0.532 e. The normalized spacial score (nSPS) is 34.7. The molecule has 0 spiro atoms. The van der Waals surface area contributed by atoms with Crippen LogP contribution in [-0.4, -0.2) is 24.5 Å². The van der Waals surface area contributed by atoms with Gasteiger partial charge in [-0.1, -0.05) is 32.6 Å². The fourth-order valence-corrected chi connectivity index (χ4v) is 2.75. The molecule has 0 saturated heterocycles. The van der Waals surface area contributed by atoms with Crippen LogP contribution < -0.4 is 0 Å². The van der Waals surface area contributed by atoms with E-state index in [1.54, 1.807) is 0 Å². The van der Waals surface area contributed by atoms with Gasteiger partial charge in [-0.3, -0.25) is 0 Å². The zero-order chi connectivity index (χ0) is 12.8. The van der Waals surface area contributed by atoms with Gasteiger partial charge in [-0.25, -0.2) is 0 Å². The molecule has 2 atom stereocenters. The van der Waals surface area contributed by atoms with Crippen LogP contribution in [0.2, 0.25) is 0 Å². The van der Waals surface area contributed by atoms with E-state index in [9.17, 15) is 0 Å². The molecule has 0 aromatic rings. The van der Waals surface area contributed by atoms with E-state index in [2.05, 4.69) is 42.2 Å². The molecule has 108 valence electrons. The van der Waals surface area contributed by atoms with Gasteiger partial charge in [0.1, 0.15) is 0 Å². The topological polar surface area (TPSA) is 24.7 Å². The van der Waals surface area contributed by atoms with E-state index in [0.29, 0.717) is 18.0 Å². The summed E-state index contributed by atoms with van der Waals surface area (Å²) in [5, 5.41) is 0. The second-order valence-electron chi connectivity index (χ2n) is 5.65. The molecule has 0 N–H and O–H groups in total. The molecule has 2 fully saturated rings. The van der Waals surface area contributed by atoms with E-state index in [0.717, 1.165) is 18.8 Å². The summed E-state index contributed by atoms with van der Waals surface area (Å²) in [4.78, 5) is 8.91. The molecule has 0 aliphatic heterocycles. The van der Waals surface area contributed by atoms with Crippen molar-refractivity contribution in [1.82, 2.24) is 0 Å². The zero-order valence-electron chi connectivity index (χ0n) is 12.8. The maximum atomic E-state index is 4.63. The maximum Gasteiger partial charge on any atom is 0 e. The predicted octanol–water partition coefficient (Wildman–Crippen LogP) is 3.66. The molecular formula is C16H24N2Y2-4. The average Bonchev–Trinajstić information content (AvgIpc) is 2.40. The Bertz CT molecular complexity index is 289. The second-order valence-corrected chi connectivity index (χ2v) is 5.65. The van der Waals surface area contributed by atoms with Gasteiger partial charge in [0.25, 0.3) is 0 Å². The van der Waals surface area contributed by atoms with E-state index in [4.69, 9.17) is 0 Å². The van der Waals surface area contributed by atoms with Crippen LogP contribution in [0.1, 0.15) is 52.4 Å². The van der Waals surface area contributed by atoms with Crippen molar-refractivity contribution in [3.05, 3.63) is 12.8 Å². The van der Waals surface area contributed by atoms with Crippen molar-refractivity contribution in [3.63, 3.8) is 0 Å². The Hall–Kier alpha value is 1.55. The van der Waals surface area contributed by atoms with Gasteiger partial charge in [0, 0.05) is 65.4 Å². The molecule has 4 heteroatoms. The summed E-state index contributed by atoms with van der Waals surface area (Å²) in [6.07, 6.45) is 18.0. The fraction of sp³-hybridized carbons (Fsp3) is 0.750. The van der Waals surface area contributed by atoms with Gasteiger partial charge in [0.2, 0.25) is 0 Å². The summed E-state index contributed by atoms with van der Waals surface area (Å²) in [7, 11) is 0. The van der Waals surface area contributed by atoms with Crippen LogP contribution in [0, 0.1) is 24.7 Å². The third kappa shape index (κ3) is 7.70. The molecule has 0 heterocycles. The molecule has 2 aliphatic rings. The SMILES string of the molecule is C[C-]=NC1[CH-]CC(N=[C-]C2CCC(C)CC2)[CH-]C1.[Y].[Y]. The smallest absolute Gasteiger partial charge is 0 e. The first-order valence-corrected chi connectivity index (χ1v) is 7.26. The fourth-order valence-electron chi connectivity index (χ4n) is 2.75. The van der Waals surface area contributed by atoms with Crippen LogP contribution >= 0.6 is 0 Å². The van der Waals surface area contributed by atoms with E-state index in [-0.39, 0.29) is 65.4 Å². The van der Waals surface area contributed by atoms with Crippen LogP contribution in [-0.2, 0) is 65.4 Å². The molecule has 20 heavy (non-hydrogen) atoms. The van der Waals surface area contributed by atoms with Crippen molar-refractivity contribution in [1.29, 1.82) is 0 Å². The number of hydrogen-bond acceptors (Lipinski definition) is 2. The molecule has 2 rings (SSSR count). The summed E-state index contributed by atoms with van der Waals surface area (Å²) < 4.78 is 0. The van der Waals surface area contributed by atoms with Crippen molar-refractivity contribution >= 4 is 12.4 Å². The zero-order valence-corrected chi connectivity index (χ0v) is 18.4. The third-order valence-corrected chi connectivity index (χ3v) is 4.03. The molecule has 2 radical (unpaired) electrons. The van der Waals surface area contributed by atoms with E-state index < -0.39 is 0 Å². The van der Waals surface area contributed by atoms with Gasteiger partial charge in [0.15, 0.2) is 0 Å². The van der Waals surface area contributed by atoms with Gasteiger partial charge in [0.05, 0.1) is 0 Å². The summed E-state index contributed by atoms with van der Waals surface area (Å²) in [6, 6.07) is 0.671. The van der Waals surface area contributed by atoms with Crippen LogP contribution in [0.25, 0.3) is 0 Å². The van der Waals surface area contributed by atoms with Crippen LogP contribution in [0.15, 0.2) is 9.98 Å². The minimum Gasteiger partial charge on any atom is -0.532 e. The Morgan fingerprint density at radius 3 is 1.95 bits per heavy atom. The minimum atomic E-state index is 0. The monoisotopic (exact) mass is 422 g/mol. The maximum absolute atomic E-state index is 4.63. The Morgan fingerprint density at radius 1 is 0.900 bits per heavy atom. The molecular weight excluding hydrogens is 398 g/mol. The van der Waals surface area contributed by atoms with E-state index >= 15 is 0 Å². The second kappa shape index (κ2) is 12.0. The van der Waals surface area contributed by atoms with Crippen LogP contribution in [0.4, 0.5) is 0 Å². The molecule has 2 nitrogen and oxygen atoms in total. The Morgan fingerprint density at radius 2 is 1.45 bits per heavy atom. The average molecular weight is 422 g/mol. The van der Waals surface area contributed by atoms with Crippen molar-refractivity contribution in [3.8, 4) is 0 Å². The summed E-state index contributed by atoms with van der Waals surface area (Å²) >= 11 is 0. The minimum absolute atomic E-state index is 0.